The van der Waals surface area contributed by atoms with Gasteiger partial charge >= 0.3 is 0 Å². The molecule has 112 valence electrons. The molecule has 0 saturated carbocycles. The van der Waals surface area contributed by atoms with Gasteiger partial charge in [-0.3, -0.25) is 0 Å². The highest BCUT2D eigenvalue weighted by atomic mass is 35.5. The molecule has 2 heteroatoms. The van der Waals surface area contributed by atoms with Crippen LogP contribution in [0.4, 0.5) is 0 Å². The zero-order valence-corrected chi connectivity index (χ0v) is 13.7. The van der Waals surface area contributed by atoms with Crippen molar-refractivity contribution in [2.24, 2.45) is 0 Å². The van der Waals surface area contributed by atoms with Crippen LogP contribution in [0.3, 0.4) is 0 Å². The summed E-state index contributed by atoms with van der Waals surface area (Å²) in [5.74, 6) is 0. The normalized spacial score (nSPS) is 15.1. The molecule has 0 bridgehead atoms. The minimum Gasteiger partial charge on any atom is -0.456 e. The minimum absolute atomic E-state index is 0.0667. The summed E-state index contributed by atoms with van der Waals surface area (Å²) in [4.78, 5) is 0. The fraction of sp³-hybridized carbons (Fsp3) is 0.143. The SMILES string of the molecule is CC1(C)c2ccccc2-c2c1cc1oc3ccccc3c1c2Cl. The fourth-order valence-electron chi connectivity index (χ4n) is 3.99. The van der Waals surface area contributed by atoms with Gasteiger partial charge in [-0.1, -0.05) is 67.9 Å². The lowest BCUT2D eigenvalue weighted by Crippen LogP contribution is -2.14. The van der Waals surface area contributed by atoms with Gasteiger partial charge in [0.05, 0.1) is 5.02 Å². The smallest absolute Gasteiger partial charge is 0.137 e. The molecule has 1 heterocycles. The average Bonchev–Trinajstić information content (AvgIpc) is 3.03. The first-order chi connectivity index (χ1) is 11.1. The van der Waals surface area contributed by atoms with Crippen LogP contribution in [0.15, 0.2) is 59.0 Å². The molecule has 5 rings (SSSR count). The Labute approximate surface area is 139 Å². The number of furan rings is 1. The van der Waals surface area contributed by atoms with Crippen LogP contribution in [0.25, 0.3) is 33.1 Å². The summed E-state index contributed by atoms with van der Waals surface area (Å²) in [5, 5.41) is 2.91. The summed E-state index contributed by atoms with van der Waals surface area (Å²) in [7, 11) is 0. The van der Waals surface area contributed by atoms with E-state index in [1.54, 1.807) is 0 Å². The van der Waals surface area contributed by atoms with Crippen LogP contribution < -0.4 is 0 Å². The van der Waals surface area contributed by atoms with E-state index in [0.717, 1.165) is 32.5 Å². The molecule has 1 aliphatic carbocycles. The highest BCUT2D eigenvalue weighted by Gasteiger charge is 2.37. The van der Waals surface area contributed by atoms with E-state index in [2.05, 4.69) is 50.2 Å². The topological polar surface area (TPSA) is 13.1 Å². The van der Waals surface area contributed by atoms with E-state index in [4.69, 9.17) is 16.0 Å². The van der Waals surface area contributed by atoms with Crippen LogP contribution in [0.1, 0.15) is 25.0 Å². The largest absolute Gasteiger partial charge is 0.456 e. The second-order valence-corrected chi connectivity index (χ2v) is 7.13. The van der Waals surface area contributed by atoms with Gasteiger partial charge in [0.1, 0.15) is 11.2 Å². The highest BCUT2D eigenvalue weighted by Crippen LogP contribution is 2.54. The van der Waals surface area contributed by atoms with Crippen LogP contribution in [-0.4, -0.2) is 0 Å². The molecule has 0 unspecified atom stereocenters. The third-order valence-corrected chi connectivity index (χ3v) is 5.53. The van der Waals surface area contributed by atoms with Crippen molar-refractivity contribution < 1.29 is 4.42 Å². The molecule has 1 aromatic heterocycles. The lowest BCUT2D eigenvalue weighted by Gasteiger charge is -2.21. The summed E-state index contributed by atoms with van der Waals surface area (Å²) >= 11 is 6.90. The molecule has 0 fully saturated rings. The van der Waals surface area contributed by atoms with Gasteiger partial charge in [-0.05, 0) is 28.8 Å². The van der Waals surface area contributed by atoms with Crippen molar-refractivity contribution in [1.29, 1.82) is 0 Å². The van der Waals surface area contributed by atoms with Gasteiger partial charge in [-0.15, -0.1) is 0 Å². The van der Waals surface area contributed by atoms with E-state index in [1.807, 2.05) is 18.2 Å². The van der Waals surface area contributed by atoms with E-state index in [0.29, 0.717) is 0 Å². The second-order valence-electron chi connectivity index (χ2n) is 6.76. The Morgan fingerprint density at radius 1 is 0.870 bits per heavy atom. The van der Waals surface area contributed by atoms with Crippen molar-refractivity contribution in [2.75, 3.05) is 0 Å². The van der Waals surface area contributed by atoms with Gasteiger partial charge in [-0.2, -0.15) is 0 Å². The molecule has 1 nitrogen and oxygen atoms in total. The molecule has 0 atom stereocenters. The van der Waals surface area contributed by atoms with Crippen molar-refractivity contribution in [3.8, 4) is 11.1 Å². The quantitative estimate of drug-likeness (QED) is 0.358. The number of fused-ring (bicyclic) bond motifs is 6. The van der Waals surface area contributed by atoms with E-state index in [1.165, 1.54) is 16.7 Å². The maximum absolute atomic E-state index is 6.90. The first kappa shape index (κ1) is 13.2. The van der Waals surface area contributed by atoms with E-state index in [9.17, 15) is 0 Å². The minimum atomic E-state index is -0.0667. The predicted molar refractivity (Wildman–Crippen MR) is 96.3 cm³/mol. The maximum Gasteiger partial charge on any atom is 0.137 e. The molecular formula is C21H15ClO. The van der Waals surface area contributed by atoms with E-state index >= 15 is 0 Å². The molecule has 4 aromatic rings. The summed E-state index contributed by atoms with van der Waals surface area (Å²) in [5.41, 5.74) is 6.66. The lowest BCUT2D eigenvalue weighted by atomic mass is 9.82. The summed E-state index contributed by atoms with van der Waals surface area (Å²) in [6, 6.07) is 18.8. The van der Waals surface area contributed by atoms with Crippen LogP contribution in [0, 0.1) is 0 Å². The Hall–Kier alpha value is -2.25. The third-order valence-electron chi connectivity index (χ3n) is 5.15. The Balaban J connectivity index is 2.01. The standard InChI is InChI=1S/C21H15ClO/c1-21(2)14-9-5-3-7-12(14)18-15(21)11-17-19(20(18)22)13-8-4-6-10-16(13)23-17/h3-11H,1-2H3. The molecule has 23 heavy (non-hydrogen) atoms. The Morgan fingerprint density at radius 3 is 2.48 bits per heavy atom. The number of hydrogen-bond donors (Lipinski definition) is 0. The van der Waals surface area contributed by atoms with Crippen LogP contribution in [0.2, 0.25) is 5.02 Å². The van der Waals surface area contributed by atoms with Gasteiger partial charge in [-0.25, -0.2) is 0 Å². The van der Waals surface area contributed by atoms with Gasteiger partial charge in [0.15, 0.2) is 0 Å². The lowest BCUT2D eigenvalue weighted by molar-refractivity contribution is 0.647. The highest BCUT2D eigenvalue weighted by molar-refractivity contribution is 6.41. The first-order valence-corrected chi connectivity index (χ1v) is 8.21. The molecule has 0 amide bonds. The van der Waals surface area contributed by atoms with Gasteiger partial charge < -0.3 is 4.42 Å². The number of halogens is 1. The number of rotatable bonds is 0. The van der Waals surface area contributed by atoms with E-state index < -0.39 is 0 Å². The zero-order valence-electron chi connectivity index (χ0n) is 13.0. The average molecular weight is 319 g/mol. The summed E-state index contributed by atoms with van der Waals surface area (Å²) in [6.07, 6.45) is 0. The number of para-hydroxylation sites is 1. The van der Waals surface area contributed by atoms with Gasteiger partial charge in [0.25, 0.3) is 0 Å². The van der Waals surface area contributed by atoms with Crippen molar-refractivity contribution in [2.45, 2.75) is 19.3 Å². The fourth-order valence-corrected chi connectivity index (χ4v) is 4.38. The van der Waals surface area contributed by atoms with E-state index in [-0.39, 0.29) is 5.41 Å². The molecular weight excluding hydrogens is 304 g/mol. The molecule has 1 aliphatic rings. The number of hydrogen-bond acceptors (Lipinski definition) is 1. The first-order valence-electron chi connectivity index (χ1n) is 7.83. The van der Waals surface area contributed by atoms with Crippen LogP contribution in [-0.2, 0) is 5.41 Å². The maximum atomic E-state index is 6.90. The molecule has 0 saturated heterocycles. The second kappa shape index (κ2) is 4.18. The third kappa shape index (κ3) is 1.53. The summed E-state index contributed by atoms with van der Waals surface area (Å²) < 4.78 is 6.07. The van der Waals surface area contributed by atoms with Crippen molar-refractivity contribution in [1.82, 2.24) is 0 Å². The molecule has 0 N–H and O–H groups in total. The van der Waals surface area contributed by atoms with Crippen LogP contribution in [0.5, 0.6) is 0 Å². The number of benzene rings is 3. The predicted octanol–water partition coefficient (Wildman–Crippen LogP) is 6.55. The van der Waals surface area contributed by atoms with Gasteiger partial charge in [0.2, 0.25) is 0 Å². The molecule has 3 aromatic carbocycles. The van der Waals surface area contributed by atoms with Crippen molar-refractivity contribution >= 4 is 33.5 Å². The molecule has 0 aliphatic heterocycles. The van der Waals surface area contributed by atoms with Crippen molar-refractivity contribution in [3.63, 3.8) is 0 Å². The van der Waals surface area contributed by atoms with Gasteiger partial charge in [0, 0.05) is 21.8 Å². The molecule has 0 radical (unpaired) electrons. The zero-order chi connectivity index (χ0) is 15.8. The Bertz CT molecular complexity index is 1100. The van der Waals surface area contributed by atoms with Crippen molar-refractivity contribution in [3.05, 3.63) is 70.7 Å². The summed E-state index contributed by atoms with van der Waals surface area (Å²) in [6.45, 7) is 4.50. The van der Waals surface area contributed by atoms with Crippen LogP contribution >= 0.6 is 11.6 Å². The molecule has 0 spiro atoms. The monoisotopic (exact) mass is 318 g/mol. The Kier molecular flexibility index (Phi) is 2.40. The Morgan fingerprint density at radius 2 is 1.61 bits per heavy atom.